The van der Waals surface area contributed by atoms with E-state index < -0.39 is 0 Å². The molecule has 25 heavy (non-hydrogen) atoms. The Morgan fingerprint density at radius 3 is 2.16 bits per heavy atom. The van der Waals surface area contributed by atoms with Crippen molar-refractivity contribution in [3.8, 4) is 10.8 Å². The summed E-state index contributed by atoms with van der Waals surface area (Å²) >= 11 is 1.61. The molecule has 0 atom stereocenters. The highest BCUT2D eigenvalue weighted by atomic mass is 32.1. The lowest BCUT2D eigenvalue weighted by Crippen LogP contribution is -2.45. The summed E-state index contributed by atoms with van der Waals surface area (Å²) in [4.78, 5) is 22.6. The van der Waals surface area contributed by atoms with Crippen LogP contribution in [0.3, 0.4) is 0 Å². The number of hydrogen-bond acceptors (Lipinski definition) is 7. The number of thiazole rings is 1. The highest BCUT2D eigenvalue weighted by molar-refractivity contribution is 7.13. The van der Waals surface area contributed by atoms with Crippen molar-refractivity contribution in [2.75, 3.05) is 26.2 Å². The largest absolute Gasteiger partial charge is 0.295 e. The van der Waals surface area contributed by atoms with Crippen LogP contribution in [0.25, 0.3) is 10.8 Å². The summed E-state index contributed by atoms with van der Waals surface area (Å²) in [5.74, 6) is 0.707. The van der Waals surface area contributed by atoms with Crippen molar-refractivity contribution >= 4 is 11.3 Å². The van der Waals surface area contributed by atoms with Crippen molar-refractivity contribution in [2.45, 2.75) is 13.1 Å². The van der Waals surface area contributed by atoms with Crippen molar-refractivity contribution < 1.29 is 0 Å². The molecule has 0 N–H and O–H groups in total. The van der Waals surface area contributed by atoms with Crippen LogP contribution in [-0.2, 0) is 13.1 Å². The maximum atomic E-state index is 4.69. The summed E-state index contributed by atoms with van der Waals surface area (Å²) in [6, 6.07) is 7.93. The fourth-order valence-electron chi connectivity index (χ4n) is 2.95. The molecule has 0 unspecified atom stereocenters. The number of rotatable bonds is 5. The van der Waals surface area contributed by atoms with E-state index in [1.165, 1.54) is 0 Å². The third-order valence-electron chi connectivity index (χ3n) is 4.27. The molecule has 4 rings (SSSR count). The second kappa shape index (κ2) is 7.77. The average molecular weight is 352 g/mol. The number of piperazine rings is 1. The molecule has 128 valence electrons. The van der Waals surface area contributed by atoms with Crippen molar-refractivity contribution in [3.05, 3.63) is 59.6 Å². The Hall–Kier alpha value is -2.22. The molecule has 0 amide bonds. The van der Waals surface area contributed by atoms with Gasteiger partial charge in [0.2, 0.25) is 0 Å². The van der Waals surface area contributed by atoms with Crippen LogP contribution >= 0.6 is 11.3 Å². The Kier molecular flexibility index (Phi) is 5.06. The standard InChI is InChI=1S/C18H20N6S/c1-2-5-19-15(4-1)12-23-8-10-24(11-9-23)13-16-14-25-18(22-16)17-20-6-3-7-21-17/h1-7,14H,8-13H2. The molecule has 1 fully saturated rings. The first-order valence-electron chi connectivity index (χ1n) is 8.43. The molecule has 1 aliphatic heterocycles. The summed E-state index contributed by atoms with van der Waals surface area (Å²) in [7, 11) is 0. The first kappa shape index (κ1) is 16.3. The Bertz CT molecular complexity index is 784. The Labute approximate surface area is 151 Å². The first-order valence-corrected chi connectivity index (χ1v) is 9.31. The normalized spacial score (nSPS) is 16.2. The van der Waals surface area contributed by atoms with E-state index in [0.717, 1.165) is 55.7 Å². The third-order valence-corrected chi connectivity index (χ3v) is 5.16. The van der Waals surface area contributed by atoms with E-state index in [9.17, 15) is 0 Å². The number of pyridine rings is 1. The van der Waals surface area contributed by atoms with Gasteiger partial charge >= 0.3 is 0 Å². The van der Waals surface area contributed by atoms with Crippen molar-refractivity contribution in [1.82, 2.24) is 29.7 Å². The minimum absolute atomic E-state index is 0.707. The van der Waals surface area contributed by atoms with Crippen molar-refractivity contribution in [1.29, 1.82) is 0 Å². The zero-order valence-corrected chi connectivity index (χ0v) is 14.8. The van der Waals surface area contributed by atoms with Gasteiger partial charge in [0, 0.05) is 63.2 Å². The van der Waals surface area contributed by atoms with Gasteiger partial charge in [0.25, 0.3) is 0 Å². The van der Waals surface area contributed by atoms with Crippen molar-refractivity contribution in [2.24, 2.45) is 0 Å². The van der Waals surface area contributed by atoms with Gasteiger partial charge in [-0.3, -0.25) is 14.8 Å². The fraction of sp³-hybridized carbons (Fsp3) is 0.333. The quantitative estimate of drug-likeness (QED) is 0.702. The predicted molar refractivity (Wildman–Crippen MR) is 97.9 cm³/mol. The Morgan fingerprint density at radius 1 is 0.800 bits per heavy atom. The SMILES string of the molecule is c1ccc(CN2CCN(Cc3csc(-c4ncccn4)n3)CC2)nc1. The highest BCUT2D eigenvalue weighted by Crippen LogP contribution is 2.20. The topological polar surface area (TPSA) is 58.0 Å². The molecule has 1 aliphatic rings. The lowest BCUT2D eigenvalue weighted by atomic mass is 10.2. The molecule has 0 bridgehead atoms. The van der Waals surface area contributed by atoms with Crippen LogP contribution < -0.4 is 0 Å². The van der Waals surface area contributed by atoms with E-state index in [1.807, 2.05) is 18.3 Å². The molecule has 7 heteroatoms. The zero-order chi connectivity index (χ0) is 16.9. The van der Waals surface area contributed by atoms with Crippen LogP contribution in [0.2, 0.25) is 0 Å². The summed E-state index contributed by atoms with van der Waals surface area (Å²) in [6.45, 7) is 6.06. The van der Waals surface area contributed by atoms with E-state index in [2.05, 4.69) is 47.2 Å². The van der Waals surface area contributed by atoms with Gasteiger partial charge < -0.3 is 0 Å². The highest BCUT2D eigenvalue weighted by Gasteiger charge is 2.18. The van der Waals surface area contributed by atoms with Gasteiger partial charge in [-0.2, -0.15) is 0 Å². The molecule has 3 aromatic rings. The van der Waals surface area contributed by atoms with Crippen LogP contribution in [0.4, 0.5) is 0 Å². The van der Waals surface area contributed by atoms with Gasteiger partial charge in [-0.15, -0.1) is 11.3 Å². The molecule has 0 aliphatic carbocycles. The minimum Gasteiger partial charge on any atom is -0.295 e. The van der Waals surface area contributed by atoms with E-state index in [0.29, 0.717) is 5.82 Å². The summed E-state index contributed by atoms with van der Waals surface area (Å²) in [6.07, 6.45) is 5.37. The Morgan fingerprint density at radius 2 is 1.48 bits per heavy atom. The van der Waals surface area contributed by atoms with E-state index >= 15 is 0 Å². The summed E-state index contributed by atoms with van der Waals surface area (Å²) < 4.78 is 0. The summed E-state index contributed by atoms with van der Waals surface area (Å²) in [5, 5.41) is 3.01. The van der Waals surface area contributed by atoms with Gasteiger partial charge in [0.05, 0.1) is 11.4 Å². The monoisotopic (exact) mass is 352 g/mol. The molecule has 0 radical (unpaired) electrons. The number of hydrogen-bond donors (Lipinski definition) is 0. The molecule has 3 aromatic heterocycles. The van der Waals surface area contributed by atoms with E-state index in [1.54, 1.807) is 23.7 Å². The second-order valence-electron chi connectivity index (χ2n) is 6.09. The van der Waals surface area contributed by atoms with Crippen molar-refractivity contribution in [3.63, 3.8) is 0 Å². The lowest BCUT2D eigenvalue weighted by Gasteiger charge is -2.34. The van der Waals surface area contributed by atoms with Crippen LogP contribution in [-0.4, -0.2) is 55.9 Å². The molecular weight excluding hydrogens is 332 g/mol. The van der Waals surface area contributed by atoms with Crippen LogP contribution in [0, 0.1) is 0 Å². The maximum Gasteiger partial charge on any atom is 0.188 e. The van der Waals surface area contributed by atoms with Gasteiger partial charge in [-0.05, 0) is 18.2 Å². The maximum absolute atomic E-state index is 4.69. The predicted octanol–water partition coefficient (Wildman–Crippen LogP) is 2.31. The molecule has 0 spiro atoms. The molecule has 6 nitrogen and oxygen atoms in total. The third kappa shape index (κ3) is 4.25. The summed E-state index contributed by atoms with van der Waals surface area (Å²) in [5.41, 5.74) is 2.24. The van der Waals surface area contributed by atoms with Crippen LogP contribution in [0.1, 0.15) is 11.4 Å². The number of nitrogens with zero attached hydrogens (tertiary/aromatic N) is 6. The fourth-order valence-corrected chi connectivity index (χ4v) is 3.70. The molecule has 0 saturated carbocycles. The Balaban J connectivity index is 1.30. The average Bonchev–Trinajstić information content (AvgIpc) is 3.14. The van der Waals surface area contributed by atoms with Gasteiger partial charge in [-0.25, -0.2) is 15.0 Å². The van der Waals surface area contributed by atoms with Gasteiger partial charge in [0.1, 0.15) is 0 Å². The minimum atomic E-state index is 0.707. The number of aromatic nitrogens is 4. The van der Waals surface area contributed by atoms with Gasteiger partial charge in [0.15, 0.2) is 10.8 Å². The molecule has 4 heterocycles. The molecule has 0 aromatic carbocycles. The second-order valence-corrected chi connectivity index (χ2v) is 6.95. The van der Waals surface area contributed by atoms with Gasteiger partial charge in [-0.1, -0.05) is 6.07 Å². The zero-order valence-electron chi connectivity index (χ0n) is 14.0. The molecule has 1 saturated heterocycles. The lowest BCUT2D eigenvalue weighted by molar-refractivity contribution is 0.120. The van der Waals surface area contributed by atoms with Crippen LogP contribution in [0.15, 0.2) is 48.2 Å². The smallest absolute Gasteiger partial charge is 0.188 e. The van der Waals surface area contributed by atoms with Crippen LogP contribution in [0.5, 0.6) is 0 Å². The van der Waals surface area contributed by atoms with E-state index in [4.69, 9.17) is 0 Å². The molecular formula is C18H20N6S. The first-order chi connectivity index (χ1) is 12.4. The van der Waals surface area contributed by atoms with E-state index in [-0.39, 0.29) is 0 Å².